The highest BCUT2D eigenvalue weighted by molar-refractivity contribution is 7.94. The molecule has 0 radical (unpaired) electrons. The lowest BCUT2D eigenvalue weighted by molar-refractivity contribution is -0.143. The normalized spacial score (nSPS) is 22.5. The van der Waals surface area contributed by atoms with Crippen LogP contribution in [0.25, 0.3) is 0 Å². The fourth-order valence-electron chi connectivity index (χ4n) is 3.21. The van der Waals surface area contributed by atoms with E-state index in [4.69, 9.17) is 4.84 Å². The van der Waals surface area contributed by atoms with E-state index in [-0.39, 0.29) is 18.2 Å². The molecule has 0 saturated heterocycles. The molecule has 28 heavy (non-hydrogen) atoms. The summed E-state index contributed by atoms with van der Waals surface area (Å²) in [6.45, 7) is 0.260. The van der Waals surface area contributed by atoms with Gasteiger partial charge in [-0.05, 0) is 35.9 Å². The van der Waals surface area contributed by atoms with Crippen LogP contribution in [0.4, 0.5) is 0 Å². The minimum atomic E-state index is -3.31. The third kappa shape index (κ3) is 3.94. The van der Waals surface area contributed by atoms with E-state index >= 15 is 0 Å². The van der Waals surface area contributed by atoms with Gasteiger partial charge in [0, 0.05) is 48.7 Å². The number of nitrogens with zero attached hydrogens (tertiary/aromatic N) is 4. The van der Waals surface area contributed by atoms with Crippen LogP contribution in [0.1, 0.15) is 17.5 Å². The molecule has 4 heterocycles. The van der Waals surface area contributed by atoms with Crippen molar-refractivity contribution in [3.05, 3.63) is 71.7 Å². The molecular weight excluding hydrogens is 380 g/mol. The maximum Gasteiger partial charge on any atom is 0.267 e. The predicted molar refractivity (Wildman–Crippen MR) is 102 cm³/mol. The van der Waals surface area contributed by atoms with E-state index in [1.165, 1.54) is 10.3 Å². The van der Waals surface area contributed by atoms with Crippen LogP contribution in [0.15, 0.2) is 65.7 Å². The fraction of sp³-hybridized carbons (Fsp3) is 0.263. The monoisotopic (exact) mass is 398 g/mol. The summed E-state index contributed by atoms with van der Waals surface area (Å²) >= 11 is 0. The van der Waals surface area contributed by atoms with Crippen molar-refractivity contribution in [2.45, 2.75) is 25.1 Å². The van der Waals surface area contributed by atoms with Crippen molar-refractivity contribution < 1.29 is 18.0 Å². The van der Waals surface area contributed by atoms with Gasteiger partial charge in [0.05, 0.1) is 17.5 Å². The molecule has 0 aliphatic carbocycles. The second-order valence-electron chi connectivity index (χ2n) is 6.62. The maximum absolute atomic E-state index is 13.2. The molecule has 0 aromatic carbocycles. The number of carbonyl (C=O) groups is 1. The van der Waals surface area contributed by atoms with Gasteiger partial charge in [0.15, 0.2) is 9.84 Å². The number of aromatic nitrogens is 2. The molecule has 2 unspecified atom stereocenters. The van der Waals surface area contributed by atoms with E-state index in [2.05, 4.69) is 15.1 Å². The molecule has 2 aromatic heterocycles. The first-order valence-electron chi connectivity index (χ1n) is 8.75. The lowest BCUT2D eigenvalue weighted by Gasteiger charge is -2.29. The summed E-state index contributed by atoms with van der Waals surface area (Å²) in [6, 6.07) is 6.65. The number of oxime groups is 1. The summed E-state index contributed by atoms with van der Waals surface area (Å²) in [5.41, 5.74) is 2.36. The molecule has 0 N–H and O–H groups in total. The zero-order chi connectivity index (χ0) is 19.6. The molecule has 2 aliphatic rings. The highest BCUT2D eigenvalue weighted by Crippen LogP contribution is 2.23. The Bertz CT molecular complexity index is 1020. The Morgan fingerprint density at radius 1 is 1.11 bits per heavy atom. The third-order valence-electron chi connectivity index (χ3n) is 4.65. The highest BCUT2D eigenvalue weighted by atomic mass is 32.2. The average molecular weight is 398 g/mol. The van der Waals surface area contributed by atoms with Gasteiger partial charge in [-0.3, -0.25) is 14.8 Å². The summed E-state index contributed by atoms with van der Waals surface area (Å²) in [5.74, 6) is -0.425. The molecule has 1 amide bonds. The van der Waals surface area contributed by atoms with E-state index in [0.717, 1.165) is 11.1 Å². The number of sulfone groups is 1. The van der Waals surface area contributed by atoms with Crippen LogP contribution in [-0.4, -0.2) is 52.8 Å². The van der Waals surface area contributed by atoms with Crippen LogP contribution in [-0.2, 0) is 26.0 Å². The standard InChI is InChI=1S/C19H18N4O4S/c24-19(18-11-17(22-27-18)15-3-8-21-9-4-15)23(12-14-1-6-20-7-2-14)16-5-10-28(25,26)13-16/h1-10,16,18H,11-13H2. The summed E-state index contributed by atoms with van der Waals surface area (Å²) < 4.78 is 23.8. The summed E-state index contributed by atoms with van der Waals surface area (Å²) in [5, 5.41) is 5.21. The minimum Gasteiger partial charge on any atom is -0.382 e. The van der Waals surface area contributed by atoms with Crippen LogP contribution < -0.4 is 0 Å². The van der Waals surface area contributed by atoms with Crippen LogP contribution in [0.5, 0.6) is 0 Å². The lowest BCUT2D eigenvalue weighted by atomic mass is 10.0. The maximum atomic E-state index is 13.2. The molecule has 4 rings (SSSR count). The average Bonchev–Trinajstić information content (AvgIpc) is 3.34. The summed E-state index contributed by atoms with van der Waals surface area (Å²) in [6.07, 6.45) is 7.65. The lowest BCUT2D eigenvalue weighted by Crippen LogP contribution is -2.45. The molecule has 8 nitrogen and oxygen atoms in total. The molecular formula is C19H18N4O4S. The SMILES string of the molecule is O=C(C1CC(c2ccncc2)=NO1)N(Cc1ccncc1)C1C=CS(=O)(=O)C1. The first kappa shape index (κ1) is 18.3. The highest BCUT2D eigenvalue weighted by Gasteiger charge is 2.37. The second kappa shape index (κ2) is 7.51. The van der Waals surface area contributed by atoms with Crippen molar-refractivity contribution in [1.29, 1.82) is 0 Å². The first-order chi connectivity index (χ1) is 13.5. The summed E-state index contributed by atoms with van der Waals surface area (Å²) in [4.78, 5) is 28.1. The Morgan fingerprint density at radius 2 is 1.79 bits per heavy atom. The zero-order valence-corrected chi connectivity index (χ0v) is 15.7. The minimum absolute atomic E-state index is 0.130. The quantitative estimate of drug-likeness (QED) is 0.753. The Labute approximate surface area is 162 Å². The van der Waals surface area contributed by atoms with Crippen molar-refractivity contribution in [1.82, 2.24) is 14.9 Å². The van der Waals surface area contributed by atoms with Gasteiger partial charge >= 0.3 is 0 Å². The molecule has 0 bridgehead atoms. The van der Waals surface area contributed by atoms with Crippen molar-refractivity contribution in [3.63, 3.8) is 0 Å². The molecule has 9 heteroatoms. The van der Waals surface area contributed by atoms with Gasteiger partial charge in [0.2, 0.25) is 6.10 Å². The Hall–Kier alpha value is -3.07. The number of rotatable bonds is 5. The largest absolute Gasteiger partial charge is 0.382 e. The van der Waals surface area contributed by atoms with Gasteiger partial charge < -0.3 is 9.74 Å². The van der Waals surface area contributed by atoms with Crippen LogP contribution in [0.3, 0.4) is 0 Å². The van der Waals surface area contributed by atoms with E-state index in [1.54, 1.807) is 55.1 Å². The van der Waals surface area contributed by atoms with Crippen LogP contribution in [0, 0.1) is 0 Å². The molecule has 144 valence electrons. The van der Waals surface area contributed by atoms with Gasteiger partial charge in [-0.15, -0.1) is 0 Å². The van der Waals surface area contributed by atoms with Crippen molar-refractivity contribution >= 4 is 21.5 Å². The first-order valence-corrected chi connectivity index (χ1v) is 10.5. The van der Waals surface area contributed by atoms with E-state index in [9.17, 15) is 13.2 Å². The number of pyridine rings is 2. The van der Waals surface area contributed by atoms with Gasteiger partial charge in [0.1, 0.15) is 0 Å². The molecule has 2 aliphatic heterocycles. The van der Waals surface area contributed by atoms with Gasteiger partial charge in [0.25, 0.3) is 5.91 Å². The topological polar surface area (TPSA) is 102 Å². The van der Waals surface area contributed by atoms with E-state index in [0.29, 0.717) is 12.1 Å². The van der Waals surface area contributed by atoms with Gasteiger partial charge in [-0.2, -0.15) is 0 Å². The van der Waals surface area contributed by atoms with Crippen LogP contribution >= 0.6 is 0 Å². The van der Waals surface area contributed by atoms with Gasteiger partial charge in [-0.1, -0.05) is 5.16 Å². The molecule has 0 saturated carbocycles. The molecule has 0 fully saturated rings. The Kier molecular flexibility index (Phi) is 4.91. The summed E-state index contributed by atoms with van der Waals surface area (Å²) in [7, 11) is -3.31. The second-order valence-corrected chi connectivity index (χ2v) is 8.55. The Balaban J connectivity index is 1.53. The molecule has 0 spiro atoms. The predicted octanol–water partition coefficient (Wildman–Crippen LogP) is 1.31. The van der Waals surface area contributed by atoms with Crippen LogP contribution in [0.2, 0.25) is 0 Å². The van der Waals surface area contributed by atoms with Gasteiger partial charge in [-0.25, -0.2) is 8.42 Å². The van der Waals surface area contributed by atoms with E-state index in [1.807, 2.05) is 0 Å². The fourth-order valence-corrected chi connectivity index (χ4v) is 4.51. The smallest absolute Gasteiger partial charge is 0.267 e. The van der Waals surface area contributed by atoms with E-state index < -0.39 is 22.0 Å². The number of hydrogen-bond donors (Lipinski definition) is 0. The Morgan fingerprint density at radius 3 is 2.43 bits per heavy atom. The molecule has 2 atom stereocenters. The third-order valence-corrected chi connectivity index (χ3v) is 6.03. The molecule has 2 aromatic rings. The van der Waals surface area contributed by atoms with Crippen molar-refractivity contribution in [3.8, 4) is 0 Å². The van der Waals surface area contributed by atoms with Crippen molar-refractivity contribution in [2.75, 3.05) is 5.75 Å². The van der Waals surface area contributed by atoms with Crippen molar-refractivity contribution in [2.24, 2.45) is 5.16 Å². The number of amides is 1. The number of hydrogen-bond acceptors (Lipinski definition) is 7. The zero-order valence-electron chi connectivity index (χ0n) is 14.9. The number of carbonyl (C=O) groups excluding carboxylic acids is 1.